The largest absolute Gasteiger partial charge is 0.439 e. The summed E-state index contributed by atoms with van der Waals surface area (Å²) in [6.07, 6.45) is 2.36. The molecule has 2 N–H and O–H groups in total. The van der Waals surface area contributed by atoms with Crippen LogP contribution >= 0.6 is 12.2 Å². The zero-order chi connectivity index (χ0) is 16.8. The second-order valence-corrected chi connectivity index (χ2v) is 5.89. The van der Waals surface area contributed by atoms with E-state index in [4.69, 9.17) is 17.0 Å². The lowest BCUT2D eigenvalue weighted by molar-refractivity contribution is 0.462. The van der Waals surface area contributed by atoms with E-state index in [1.807, 2.05) is 43.3 Å². The van der Waals surface area contributed by atoms with Crippen molar-refractivity contribution >= 4 is 29.1 Å². The highest BCUT2D eigenvalue weighted by atomic mass is 32.1. The smallest absolute Gasteiger partial charge is 0.234 e. The second kappa shape index (κ2) is 7.92. The third kappa shape index (κ3) is 4.32. The Labute approximate surface area is 147 Å². The van der Waals surface area contributed by atoms with Gasteiger partial charge in [-0.05, 0) is 44.1 Å². The SMILES string of the molecule is CCNC(=S)Nc1nc(Oc2ccccc2)cc(N2CCCC2)n1. The van der Waals surface area contributed by atoms with Crippen LogP contribution in [-0.4, -0.2) is 34.7 Å². The minimum absolute atomic E-state index is 0.441. The number of benzene rings is 1. The first-order valence-electron chi connectivity index (χ1n) is 8.16. The molecular formula is C17H21N5OS. The number of hydrogen-bond acceptors (Lipinski definition) is 5. The van der Waals surface area contributed by atoms with E-state index in [9.17, 15) is 0 Å². The minimum atomic E-state index is 0.441. The molecular weight excluding hydrogens is 322 g/mol. The van der Waals surface area contributed by atoms with Crippen LogP contribution in [0.5, 0.6) is 11.6 Å². The zero-order valence-electron chi connectivity index (χ0n) is 13.7. The number of ether oxygens (including phenoxy) is 1. The van der Waals surface area contributed by atoms with Crippen LogP contribution in [0.25, 0.3) is 0 Å². The van der Waals surface area contributed by atoms with Crippen LogP contribution in [0.2, 0.25) is 0 Å². The van der Waals surface area contributed by atoms with Gasteiger partial charge in [-0.1, -0.05) is 18.2 Å². The molecule has 0 radical (unpaired) electrons. The van der Waals surface area contributed by atoms with Gasteiger partial charge in [0.25, 0.3) is 0 Å². The average Bonchev–Trinajstić information content (AvgIpc) is 3.10. The summed E-state index contributed by atoms with van der Waals surface area (Å²) in [4.78, 5) is 11.2. The van der Waals surface area contributed by atoms with E-state index >= 15 is 0 Å². The Balaban J connectivity index is 1.85. The van der Waals surface area contributed by atoms with Gasteiger partial charge in [0.2, 0.25) is 11.8 Å². The summed E-state index contributed by atoms with van der Waals surface area (Å²) in [6.45, 7) is 4.72. The predicted molar refractivity (Wildman–Crippen MR) is 99.9 cm³/mol. The normalized spacial score (nSPS) is 13.6. The number of aromatic nitrogens is 2. The third-order valence-corrected chi connectivity index (χ3v) is 3.89. The van der Waals surface area contributed by atoms with Gasteiger partial charge in [-0.3, -0.25) is 0 Å². The Hall–Kier alpha value is -2.41. The first-order valence-corrected chi connectivity index (χ1v) is 8.57. The monoisotopic (exact) mass is 343 g/mol. The van der Waals surface area contributed by atoms with Gasteiger partial charge in [-0.2, -0.15) is 9.97 Å². The highest BCUT2D eigenvalue weighted by molar-refractivity contribution is 7.80. The Morgan fingerprint density at radius 3 is 2.67 bits per heavy atom. The average molecular weight is 343 g/mol. The molecule has 1 saturated heterocycles. The van der Waals surface area contributed by atoms with E-state index in [1.165, 1.54) is 12.8 Å². The second-order valence-electron chi connectivity index (χ2n) is 5.48. The topological polar surface area (TPSA) is 62.3 Å². The van der Waals surface area contributed by atoms with Crippen molar-refractivity contribution in [2.24, 2.45) is 0 Å². The molecule has 1 aromatic heterocycles. The fourth-order valence-corrected chi connectivity index (χ4v) is 2.78. The van der Waals surface area contributed by atoms with Crippen LogP contribution in [0.4, 0.5) is 11.8 Å². The van der Waals surface area contributed by atoms with Crippen LogP contribution in [0.3, 0.4) is 0 Å². The fourth-order valence-electron chi connectivity index (χ4n) is 2.54. The molecule has 3 rings (SSSR count). The molecule has 0 amide bonds. The van der Waals surface area contributed by atoms with E-state index in [2.05, 4.69) is 25.5 Å². The number of para-hydroxylation sites is 1. The Morgan fingerprint density at radius 1 is 1.21 bits per heavy atom. The Kier molecular flexibility index (Phi) is 5.43. The molecule has 0 bridgehead atoms. The molecule has 1 fully saturated rings. The molecule has 1 aromatic carbocycles. The molecule has 0 atom stereocenters. The van der Waals surface area contributed by atoms with Crippen molar-refractivity contribution in [3.05, 3.63) is 36.4 Å². The van der Waals surface area contributed by atoms with Crippen molar-refractivity contribution in [2.45, 2.75) is 19.8 Å². The summed E-state index contributed by atoms with van der Waals surface area (Å²) < 4.78 is 5.88. The summed E-state index contributed by atoms with van der Waals surface area (Å²) in [7, 11) is 0. The summed E-state index contributed by atoms with van der Waals surface area (Å²) in [5.41, 5.74) is 0. The fraction of sp³-hybridized carbons (Fsp3) is 0.353. The molecule has 2 aromatic rings. The van der Waals surface area contributed by atoms with Gasteiger partial charge in [0, 0.05) is 25.7 Å². The van der Waals surface area contributed by atoms with Crippen LogP contribution in [0.15, 0.2) is 36.4 Å². The molecule has 7 heteroatoms. The number of rotatable bonds is 5. The molecule has 0 unspecified atom stereocenters. The van der Waals surface area contributed by atoms with Crippen LogP contribution < -0.4 is 20.3 Å². The van der Waals surface area contributed by atoms with Crippen molar-refractivity contribution in [2.75, 3.05) is 29.9 Å². The van der Waals surface area contributed by atoms with E-state index in [0.717, 1.165) is 31.2 Å². The molecule has 1 aliphatic heterocycles. The van der Waals surface area contributed by atoms with Crippen molar-refractivity contribution in [1.82, 2.24) is 15.3 Å². The van der Waals surface area contributed by atoms with E-state index in [1.54, 1.807) is 0 Å². The summed E-state index contributed by atoms with van der Waals surface area (Å²) in [5, 5.41) is 6.56. The minimum Gasteiger partial charge on any atom is -0.439 e. The van der Waals surface area contributed by atoms with E-state index in [-0.39, 0.29) is 0 Å². The Bertz CT molecular complexity index is 689. The molecule has 24 heavy (non-hydrogen) atoms. The number of hydrogen-bond donors (Lipinski definition) is 2. The van der Waals surface area contributed by atoms with Gasteiger partial charge >= 0.3 is 0 Å². The van der Waals surface area contributed by atoms with Gasteiger partial charge in [0.15, 0.2) is 5.11 Å². The third-order valence-electron chi connectivity index (χ3n) is 3.65. The first-order chi connectivity index (χ1) is 11.7. The molecule has 0 spiro atoms. The van der Waals surface area contributed by atoms with Crippen molar-refractivity contribution in [3.63, 3.8) is 0 Å². The highest BCUT2D eigenvalue weighted by Crippen LogP contribution is 2.26. The lowest BCUT2D eigenvalue weighted by Gasteiger charge is -2.18. The quantitative estimate of drug-likeness (QED) is 0.809. The van der Waals surface area contributed by atoms with Gasteiger partial charge in [0.1, 0.15) is 11.6 Å². The first kappa shape index (κ1) is 16.4. The maximum Gasteiger partial charge on any atom is 0.234 e. The van der Waals surface area contributed by atoms with Gasteiger partial charge < -0.3 is 20.3 Å². The molecule has 126 valence electrons. The molecule has 6 nitrogen and oxygen atoms in total. The molecule has 0 aliphatic carbocycles. The maximum absolute atomic E-state index is 5.88. The van der Waals surface area contributed by atoms with Crippen molar-refractivity contribution < 1.29 is 4.74 Å². The number of anilines is 2. The molecule has 0 saturated carbocycles. The van der Waals surface area contributed by atoms with Crippen molar-refractivity contribution in [1.29, 1.82) is 0 Å². The standard InChI is InChI=1S/C17H21N5OS/c1-2-18-17(24)21-16-19-14(22-10-6-7-11-22)12-15(20-16)23-13-8-4-3-5-9-13/h3-5,8-9,12H,2,6-7,10-11H2,1H3,(H2,18,19,20,21,24). The number of thiocarbonyl (C=S) groups is 1. The summed E-state index contributed by atoms with van der Waals surface area (Å²) >= 11 is 5.23. The zero-order valence-corrected chi connectivity index (χ0v) is 14.5. The number of nitrogens with zero attached hydrogens (tertiary/aromatic N) is 3. The Morgan fingerprint density at radius 2 is 1.96 bits per heavy atom. The van der Waals surface area contributed by atoms with Crippen LogP contribution in [-0.2, 0) is 0 Å². The maximum atomic E-state index is 5.88. The van der Waals surface area contributed by atoms with E-state index < -0.39 is 0 Å². The van der Waals surface area contributed by atoms with Crippen LogP contribution in [0.1, 0.15) is 19.8 Å². The van der Waals surface area contributed by atoms with Gasteiger partial charge in [-0.15, -0.1) is 0 Å². The summed E-state index contributed by atoms with van der Waals surface area (Å²) in [6, 6.07) is 11.5. The lowest BCUT2D eigenvalue weighted by atomic mass is 10.3. The highest BCUT2D eigenvalue weighted by Gasteiger charge is 2.17. The van der Waals surface area contributed by atoms with E-state index in [0.29, 0.717) is 16.9 Å². The van der Waals surface area contributed by atoms with Crippen molar-refractivity contribution in [3.8, 4) is 11.6 Å². The van der Waals surface area contributed by atoms with Gasteiger partial charge in [-0.25, -0.2) is 0 Å². The molecule has 2 heterocycles. The number of nitrogens with one attached hydrogen (secondary N) is 2. The predicted octanol–water partition coefficient (Wildman–Crippen LogP) is 3.18. The lowest BCUT2D eigenvalue weighted by Crippen LogP contribution is -2.29. The van der Waals surface area contributed by atoms with Gasteiger partial charge in [0.05, 0.1) is 0 Å². The molecule has 1 aliphatic rings. The van der Waals surface area contributed by atoms with Crippen LogP contribution in [0, 0.1) is 0 Å². The summed E-state index contributed by atoms with van der Waals surface area (Å²) in [5.74, 6) is 2.54.